The van der Waals surface area contributed by atoms with Crippen molar-refractivity contribution in [3.05, 3.63) is 70.7 Å². The minimum Gasteiger partial charge on any atom is -0.360 e. The first kappa shape index (κ1) is 18.8. The molecule has 0 aliphatic rings. The average molecular weight is 405 g/mol. The number of aryl methyl sites for hydroxylation is 1. The Balaban J connectivity index is 1.72. The molecule has 0 spiro atoms. The largest absolute Gasteiger partial charge is 0.360 e. The molecule has 138 valence electrons. The van der Waals surface area contributed by atoms with Crippen LogP contribution in [-0.2, 0) is 0 Å². The van der Waals surface area contributed by atoms with Crippen LogP contribution in [0, 0.1) is 12.7 Å². The molecule has 0 radical (unpaired) electrons. The zero-order chi connectivity index (χ0) is 19.4. The molecule has 3 aromatic rings. The summed E-state index contributed by atoms with van der Waals surface area (Å²) >= 11 is 11.2. The van der Waals surface area contributed by atoms with Gasteiger partial charge in [-0.1, -0.05) is 47.1 Å². The van der Waals surface area contributed by atoms with Crippen molar-refractivity contribution >= 4 is 40.5 Å². The lowest BCUT2D eigenvalue weighted by Crippen LogP contribution is -2.44. The van der Waals surface area contributed by atoms with Crippen LogP contribution in [0.1, 0.15) is 16.1 Å². The Kier molecular flexibility index (Phi) is 5.68. The summed E-state index contributed by atoms with van der Waals surface area (Å²) in [5.74, 6) is -0.678. The molecule has 2 aromatic carbocycles. The van der Waals surface area contributed by atoms with E-state index in [1.165, 1.54) is 12.1 Å². The highest BCUT2D eigenvalue weighted by molar-refractivity contribution is 7.80. The molecule has 6 nitrogen and oxygen atoms in total. The summed E-state index contributed by atoms with van der Waals surface area (Å²) in [6.07, 6.45) is 0. The number of nitrogens with zero attached hydrogens (tertiary/aromatic N) is 1. The number of nitrogens with one attached hydrogen (secondary N) is 3. The Labute approximate surface area is 164 Å². The van der Waals surface area contributed by atoms with E-state index in [-0.39, 0.29) is 16.4 Å². The zero-order valence-corrected chi connectivity index (χ0v) is 15.6. The van der Waals surface area contributed by atoms with Gasteiger partial charge in [-0.25, -0.2) is 4.39 Å². The SMILES string of the molecule is Cc1onc(-c2ccccc2Cl)c1C(=O)NNC(=S)Nc1ccccc1F. The van der Waals surface area contributed by atoms with Gasteiger partial charge in [0.15, 0.2) is 5.11 Å². The van der Waals surface area contributed by atoms with E-state index in [9.17, 15) is 9.18 Å². The summed E-state index contributed by atoms with van der Waals surface area (Å²) in [5, 5.41) is 7.03. The van der Waals surface area contributed by atoms with Gasteiger partial charge in [0.2, 0.25) is 0 Å². The highest BCUT2D eigenvalue weighted by atomic mass is 35.5. The second kappa shape index (κ2) is 8.15. The third-order valence-electron chi connectivity index (χ3n) is 3.63. The zero-order valence-electron chi connectivity index (χ0n) is 14.0. The number of thiocarbonyl (C=S) groups is 1. The molecule has 27 heavy (non-hydrogen) atoms. The van der Waals surface area contributed by atoms with Crippen LogP contribution in [0.4, 0.5) is 10.1 Å². The standard InChI is InChI=1S/C18H14ClFN4O2S/c1-10-15(16(24-26-10)11-6-2-3-7-12(11)19)17(25)22-23-18(27)21-14-9-5-4-8-13(14)20/h2-9H,1H3,(H,22,25)(H2,21,23,27). The van der Waals surface area contributed by atoms with E-state index in [1.807, 2.05) is 0 Å². The summed E-state index contributed by atoms with van der Waals surface area (Å²) in [4.78, 5) is 12.6. The molecule has 3 rings (SSSR count). The number of para-hydroxylation sites is 1. The van der Waals surface area contributed by atoms with Crippen LogP contribution in [0.15, 0.2) is 53.1 Å². The van der Waals surface area contributed by atoms with E-state index in [1.54, 1.807) is 43.3 Å². The topological polar surface area (TPSA) is 79.2 Å². The number of benzene rings is 2. The predicted molar refractivity (Wildman–Crippen MR) is 105 cm³/mol. The van der Waals surface area contributed by atoms with Crippen molar-refractivity contribution in [1.82, 2.24) is 16.0 Å². The lowest BCUT2D eigenvalue weighted by atomic mass is 10.1. The lowest BCUT2D eigenvalue weighted by molar-refractivity contribution is 0.0943. The molecule has 1 aromatic heterocycles. The molecule has 0 fully saturated rings. The maximum atomic E-state index is 13.6. The number of carbonyl (C=O) groups excluding carboxylic acids is 1. The first-order valence-corrected chi connectivity index (χ1v) is 8.59. The highest BCUT2D eigenvalue weighted by Crippen LogP contribution is 2.30. The van der Waals surface area contributed by atoms with Gasteiger partial charge < -0.3 is 9.84 Å². The number of anilines is 1. The Bertz CT molecular complexity index is 1010. The van der Waals surface area contributed by atoms with Crippen LogP contribution < -0.4 is 16.2 Å². The van der Waals surface area contributed by atoms with E-state index in [0.717, 1.165) is 0 Å². The van der Waals surface area contributed by atoms with Gasteiger partial charge in [0.1, 0.15) is 22.8 Å². The van der Waals surface area contributed by atoms with Gasteiger partial charge in [0, 0.05) is 5.56 Å². The van der Waals surface area contributed by atoms with Crippen molar-refractivity contribution in [1.29, 1.82) is 0 Å². The quantitative estimate of drug-likeness (QED) is 0.451. The van der Waals surface area contributed by atoms with Crippen molar-refractivity contribution in [3.63, 3.8) is 0 Å². The van der Waals surface area contributed by atoms with Crippen molar-refractivity contribution < 1.29 is 13.7 Å². The number of carbonyl (C=O) groups is 1. The van der Waals surface area contributed by atoms with E-state index in [4.69, 9.17) is 28.3 Å². The van der Waals surface area contributed by atoms with Gasteiger partial charge in [0.05, 0.1) is 10.7 Å². The molecule has 0 atom stereocenters. The van der Waals surface area contributed by atoms with Crippen LogP contribution in [-0.4, -0.2) is 16.2 Å². The number of hydrogen-bond acceptors (Lipinski definition) is 4. The third kappa shape index (κ3) is 4.24. The number of halogens is 2. The molecule has 0 saturated carbocycles. The van der Waals surface area contributed by atoms with E-state index < -0.39 is 11.7 Å². The maximum Gasteiger partial charge on any atom is 0.275 e. The average Bonchev–Trinajstić information content (AvgIpc) is 3.03. The maximum absolute atomic E-state index is 13.6. The fraction of sp³-hybridized carbons (Fsp3) is 0.0556. The van der Waals surface area contributed by atoms with Gasteiger partial charge in [0.25, 0.3) is 5.91 Å². The molecular weight excluding hydrogens is 391 g/mol. The Morgan fingerprint density at radius 1 is 1.15 bits per heavy atom. The lowest BCUT2D eigenvalue weighted by Gasteiger charge is -2.12. The van der Waals surface area contributed by atoms with Crippen molar-refractivity contribution in [2.24, 2.45) is 0 Å². The van der Waals surface area contributed by atoms with E-state index in [2.05, 4.69) is 21.3 Å². The van der Waals surface area contributed by atoms with Crippen molar-refractivity contribution in [2.75, 3.05) is 5.32 Å². The minimum atomic E-state index is -0.527. The number of amides is 1. The fourth-order valence-electron chi connectivity index (χ4n) is 2.37. The van der Waals surface area contributed by atoms with Crippen LogP contribution in [0.5, 0.6) is 0 Å². The fourth-order valence-corrected chi connectivity index (χ4v) is 2.76. The molecule has 0 saturated heterocycles. The summed E-state index contributed by atoms with van der Waals surface area (Å²) < 4.78 is 18.8. The van der Waals surface area contributed by atoms with Crippen LogP contribution >= 0.6 is 23.8 Å². The van der Waals surface area contributed by atoms with Crippen LogP contribution in [0.2, 0.25) is 5.02 Å². The predicted octanol–water partition coefficient (Wildman–Crippen LogP) is 4.07. The monoisotopic (exact) mass is 404 g/mol. The Morgan fingerprint density at radius 3 is 2.59 bits per heavy atom. The molecule has 0 unspecified atom stereocenters. The minimum absolute atomic E-state index is 0.0156. The molecule has 1 amide bonds. The Hall–Kier alpha value is -2.97. The molecule has 3 N–H and O–H groups in total. The molecular formula is C18H14ClFN4O2S. The summed E-state index contributed by atoms with van der Waals surface area (Å²) in [6, 6.07) is 13.0. The van der Waals surface area contributed by atoms with Crippen LogP contribution in [0.25, 0.3) is 11.3 Å². The van der Waals surface area contributed by atoms with Crippen molar-refractivity contribution in [3.8, 4) is 11.3 Å². The Morgan fingerprint density at radius 2 is 1.85 bits per heavy atom. The third-order valence-corrected chi connectivity index (χ3v) is 4.16. The number of hydrazine groups is 1. The molecule has 0 aliphatic heterocycles. The van der Waals surface area contributed by atoms with E-state index >= 15 is 0 Å². The van der Waals surface area contributed by atoms with Crippen LogP contribution in [0.3, 0.4) is 0 Å². The van der Waals surface area contributed by atoms with Crippen molar-refractivity contribution in [2.45, 2.75) is 6.92 Å². The normalized spacial score (nSPS) is 10.3. The molecule has 1 heterocycles. The van der Waals surface area contributed by atoms with Gasteiger partial charge >= 0.3 is 0 Å². The molecule has 0 bridgehead atoms. The summed E-state index contributed by atoms with van der Waals surface area (Å²) in [6.45, 7) is 1.61. The summed E-state index contributed by atoms with van der Waals surface area (Å²) in [7, 11) is 0. The number of aromatic nitrogens is 1. The second-order valence-electron chi connectivity index (χ2n) is 5.46. The van der Waals surface area contributed by atoms with Gasteiger partial charge in [-0.3, -0.25) is 15.6 Å². The van der Waals surface area contributed by atoms with Gasteiger partial charge in [-0.05, 0) is 37.3 Å². The molecule has 9 heteroatoms. The second-order valence-corrected chi connectivity index (χ2v) is 6.27. The number of hydrogen-bond donors (Lipinski definition) is 3. The van der Waals surface area contributed by atoms with E-state index in [0.29, 0.717) is 22.0 Å². The highest BCUT2D eigenvalue weighted by Gasteiger charge is 2.23. The first-order valence-electron chi connectivity index (χ1n) is 7.80. The smallest absolute Gasteiger partial charge is 0.275 e. The van der Waals surface area contributed by atoms with Gasteiger partial charge in [-0.2, -0.15) is 0 Å². The molecule has 0 aliphatic carbocycles. The van der Waals surface area contributed by atoms with Gasteiger partial charge in [-0.15, -0.1) is 0 Å². The first-order chi connectivity index (χ1) is 13.0. The summed E-state index contributed by atoms with van der Waals surface area (Å²) in [5.41, 5.74) is 6.22. The number of rotatable bonds is 3.